The Labute approximate surface area is 131 Å². The Kier molecular flexibility index (Phi) is 4.88. The summed E-state index contributed by atoms with van der Waals surface area (Å²) in [5.74, 6) is -2.80. The molecule has 2 aromatic carbocycles. The van der Waals surface area contributed by atoms with E-state index in [4.69, 9.17) is 4.74 Å². The van der Waals surface area contributed by atoms with Crippen LogP contribution >= 0.6 is 31.9 Å². The third-order valence-electron chi connectivity index (χ3n) is 2.49. The summed E-state index contributed by atoms with van der Waals surface area (Å²) >= 11 is 6.27. The average molecular weight is 406 g/mol. The van der Waals surface area contributed by atoms with E-state index >= 15 is 0 Å². The number of ether oxygens (including phenoxy) is 1. The van der Waals surface area contributed by atoms with Gasteiger partial charge in [0.2, 0.25) is 11.6 Å². The van der Waals surface area contributed by atoms with Crippen molar-refractivity contribution in [3.05, 3.63) is 62.5 Å². The Bertz CT molecular complexity index is 660. The molecule has 0 aliphatic carbocycles. The first-order valence-corrected chi connectivity index (χ1v) is 7.12. The molecule has 2 nitrogen and oxygen atoms in total. The number of ketones is 1. The molecule has 104 valence electrons. The van der Waals surface area contributed by atoms with Gasteiger partial charge in [-0.05, 0) is 18.2 Å². The molecule has 0 aliphatic rings. The summed E-state index contributed by atoms with van der Waals surface area (Å²) < 4.78 is 32.7. The van der Waals surface area contributed by atoms with Gasteiger partial charge in [0.15, 0.2) is 18.2 Å². The molecule has 0 N–H and O–H groups in total. The van der Waals surface area contributed by atoms with Gasteiger partial charge in [-0.15, -0.1) is 0 Å². The number of rotatable bonds is 4. The monoisotopic (exact) mass is 404 g/mol. The zero-order valence-electron chi connectivity index (χ0n) is 10.00. The van der Waals surface area contributed by atoms with Crippen LogP contribution < -0.4 is 4.74 Å². The molecule has 0 aliphatic heterocycles. The number of Topliss-reactive ketones (excluding diaryl/α,β-unsaturated/α-hetero) is 1. The summed E-state index contributed by atoms with van der Waals surface area (Å²) in [4.78, 5) is 11.9. The molecule has 0 bridgehead atoms. The van der Waals surface area contributed by atoms with E-state index in [-0.39, 0.29) is 18.1 Å². The summed E-state index contributed by atoms with van der Waals surface area (Å²) in [6.07, 6.45) is 0. The highest BCUT2D eigenvalue weighted by molar-refractivity contribution is 9.10. The molecule has 0 heterocycles. The number of carbonyl (C=O) groups excluding carboxylic acids is 1. The highest BCUT2D eigenvalue weighted by Crippen LogP contribution is 2.25. The summed E-state index contributed by atoms with van der Waals surface area (Å²) in [6, 6.07) is 9.06. The second-order valence-corrected chi connectivity index (χ2v) is 5.66. The van der Waals surface area contributed by atoms with Crippen molar-refractivity contribution in [2.24, 2.45) is 0 Å². The molecule has 0 fully saturated rings. The van der Waals surface area contributed by atoms with Crippen molar-refractivity contribution in [1.82, 2.24) is 0 Å². The molecule has 2 rings (SSSR count). The van der Waals surface area contributed by atoms with Crippen molar-refractivity contribution < 1.29 is 18.3 Å². The standard InChI is InChI=1S/C14H8Br2F2O2/c15-8-5-11(17)14(18)13(6-8)20-7-12(19)9-3-1-2-4-10(9)16/h1-6H,7H2. The quantitative estimate of drug-likeness (QED) is 0.541. The lowest BCUT2D eigenvalue weighted by molar-refractivity contribution is 0.0917. The Morgan fingerprint density at radius 1 is 1.15 bits per heavy atom. The maximum atomic E-state index is 13.5. The molecule has 2 aromatic rings. The van der Waals surface area contributed by atoms with Crippen LogP contribution in [0, 0.1) is 11.6 Å². The van der Waals surface area contributed by atoms with E-state index in [0.717, 1.165) is 6.07 Å². The summed E-state index contributed by atoms with van der Waals surface area (Å²) in [5, 5.41) is 0. The van der Waals surface area contributed by atoms with Gasteiger partial charge in [0.1, 0.15) is 0 Å². The van der Waals surface area contributed by atoms with Crippen LogP contribution in [-0.4, -0.2) is 12.4 Å². The second kappa shape index (κ2) is 6.45. The van der Waals surface area contributed by atoms with Crippen LogP contribution in [0.15, 0.2) is 45.3 Å². The number of hydrogen-bond acceptors (Lipinski definition) is 2. The first-order valence-electron chi connectivity index (χ1n) is 5.54. The first-order chi connectivity index (χ1) is 9.49. The maximum Gasteiger partial charge on any atom is 0.201 e. The molecule has 0 aromatic heterocycles. The minimum Gasteiger partial charge on any atom is -0.482 e. The molecular formula is C14H8Br2F2O2. The molecule has 0 spiro atoms. The minimum atomic E-state index is -1.12. The van der Waals surface area contributed by atoms with Gasteiger partial charge in [0, 0.05) is 14.5 Å². The third kappa shape index (κ3) is 3.43. The predicted molar refractivity (Wildman–Crippen MR) is 78.0 cm³/mol. The molecule has 0 saturated carbocycles. The maximum absolute atomic E-state index is 13.5. The Morgan fingerprint density at radius 2 is 1.85 bits per heavy atom. The average Bonchev–Trinajstić information content (AvgIpc) is 2.41. The smallest absolute Gasteiger partial charge is 0.201 e. The van der Waals surface area contributed by atoms with Crippen molar-refractivity contribution in [3.8, 4) is 5.75 Å². The van der Waals surface area contributed by atoms with Gasteiger partial charge in [-0.2, -0.15) is 4.39 Å². The largest absolute Gasteiger partial charge is 0.482 e. The minimum absolute atomic E-state index is 0.308. The Morgan fingerprint density at radius 3 is 2.55 bits per heavy atom. The van der Waals surface area contributed by atoms with Gasteiger partial charge in [-0.3, -0.25) is 4.79 Å². The van der Waals surface area contributed by atoms with Gasteiger partial charge in [-0.1, -0.05) is 50.1 Å². The van der Waals surface area contributed by atoms with Crippen molar-refractivity contribution in [3.63, 3.8) is 0 Å². The second-order valence-electron chi connectivity index (χ2n) is 3.89. The highest BCUT2D eigenvalue weighted by Gasteiger charge is 2.15. The van der Waals surface area contributed by atoms with E-state index in [1.807, 2.05) is 0 Å². The molecule has 20 heavy (non-hydrogen) atoms. The van der Waals surface area contributed by atoms with Crippen LogP contribution in [0.1, 0.15) is 10.4 Å². The Hall–Kier alpha value is -1.27. The fraction of sp³-hybridized carbons (Fsp3) is 0.0714. The molecule has 0 radical (unpaired) electrons. The summed E-state index contributed by atoms with van der Waals surface area (Å²) in [5.41, 5.74) is 0.420. The van der Waals surface area contributed by atoms with Gasteiger partial charge in [0.05, 0.1) is 0 Å². The van der Waals surface area contributed by atoms with Crippen LogP contribution in [0.2, 0.25) is 0 Å². The normalized spacial score (nSPS) is 10.4. The van der Waals surface area contributed by atoms with E-state index in [1.54, 1.807) is 24.3 Å². The van der Waals surface area contributed by atoms with Crippen molar-refractivity contribution >= 4 is 37.6 Å². The lowest BCUT2D eigenvalue weighted by Crippen LogP contribution is -2.13. The van der Waals surface area contributed by atoms with Crippen LogP contribution in [0.5, 0.6) is 5.75 Å². The SMILES string of the molecule is O=C(COc1cc(Br)cc(F)c1F)c1ccccc1Br. The van der Waals surface area contributed by atoms with E-state index in [0.29, 0.717) is 14.5 Å². The Balaban J connectivity index is 2.14. The molecule has 0 unspecified atom stereocenters. The number of hydrogen-bond donors (Lipinski definition) is 0. The van der Waals surface area contributed by atoms with Gasteiger partial charge >= 0.3 is 0 Å². The lowest BCUT2D eigenvalue weighted by atomic mass is 10.1. The molecular weight excluding hydrogens is 398 g/mol. The van der Waals surface area contributed by atoms with E-state index < -0.39 is 11.6 Å². The summed E-state index contributed by atoms with van der Waals surface area (Å²) in [7, 11) is 0. The number of carbonyl (C=O) groups is 1. The van der Waals surface area contributed by atoms with E-state index in [9.17, 15) is 13.6 Å². The van der Waals surface area contributed by atoms with Gasteiger partial charge in [-0.25, -0.2) is 4.39 Å². The van der Waals surface area contributed by atoms with Crippen molar-refractivity contribution in [2.45, 2.75) is 0 Å². The van der Waals surface area contributed by atoms with E-state index in [1.165, 1.54) is 6.07 Å². The first kappa shape index (κ1) is 15.1. The van der Waals surface area contributed by atoms with Crippen LogP contribution in [0.25, 0.3) is 0 Å². The van der Waals surface area contributed by atoms with Crippen molar-refractivity contribution in [2.75, 3.05) is 6.61 Å². The fourth-order valence-corrected chi connectivity index (χ4v) is 2.46. The zero-order valence-corrected chi connectivity index (χ0v) is 13.2. The van der Waals surface area contributed by atoms with E-state index in [2.05, 4.69) is 31.9 Å². The molecule has 0 atom stereocenters. The van der Waals surface area contributed by atoms with Crippen molar-refractivity contribution in [1.29, 1.82) is 0 Å². The molecule has 0 amide bonds. The molecule has 6 heteroatoms. The predicted octanol–water partition coefficient (Wildman–Crippen LogP) is 4.75. The van der Waals surface area contributed by atoms with Gasteiger partial charge in [0.25, 0.3) is 0 Å². The third-order valence-corrected chi connectivity index (χ3v) is 3.64. The molecule has 0 saturated heterocycles. The fourth-order valence-electron chi connectivity index (χ4n) is 1.55. The van der Waals surface area contributed by atoms with Crippen LogP contribution in [0.4, 0.5) is 8.78 Å². The van der Waals surface area contributed by atoms with Crippen LogP contribution in [0.3, 0.4) is 0 Å². The number of halogens is 4. The number of benzene rings is 2. The zero-order chi connectivity index (χ0) is 14.7. The van der Waals surface area contributed by atoms with Gasteiger partial charge < -0.3 is 4.74 Å². The van der Waals surface area contributed by atoms with Crippen LogP contribution in [-0.2, 0) is 0 Å². The topological polar surface area (TPSA) is 26.3 Å². The highest BCUT2D eigenvalue weighted by atomic mass is 79.9. The lowest BCUT2D eigenvalue weighted by Gasteiger charge is -2.08. The summed E-state index contributed by atoms with van der Waals surface area (Å²) in [6.45, 7) is -0.380.